The molecule has 3 nitrogen and oxygen atoms in total. The molecule has 0 atom stereocenters. The van der Waals surface area contributed by atoms with Crippen molar-refractivity contribution in [3.63, 3.8) is 0 Å². The van der Waals surface area contributed by atoms with Crippen LogP contribution in [0.25, 0.3) is 0 Å². The number of anilines is 1. The largest absolute Gasteiger partial charge is 0.340 e. The van der Waals surface area contributed by atoms with Crippen molar-refractivity contribution >= 4 is 55.1 Å². The third-order valence-electron chi connectivity index (χ3n) is 3.10. The quantitative estimate of drug-likeness (QED) is 0.650. The van der Waals surface area contributed by atoms with E-state index in [2.05, 4.69) is 37.2 Å². The van der Waals surface area contributed by atoms with Gasteiger partial charge in [-0.15, -0.1) is 0 Å². The van der Waals surface area contributed by atoms with Crippen molar-refractivity contribution in [2.45, 2.75) is 26.8 Å². The molecule has 0 fully saturated rings. The number of nitrogens with zero attached hydrogens (tertiary/aromatic N) is 1. The number of carbonyl (C=O) groups excluding carboxylic acids is 1. The first-order chi connectivity index (χ1) is 9.79. The molecule has 0 aliphatic carbocycles. The Morgan fingerprint density at radius 3 is 2.57 bits per heavy atom. The summed E-state index contributed by atoms with van der Waals surface area (Å²) in [6.07, 6.45) is 1.90. The standard InChI is InChI=1S/C15H15Br2ClN2O/c1-8(2)20-7-10(16)5-14(20)15(21)19-13-6-12(18)9(3)4-11(13)17/h4-8H,1-3H3,(H,19,21). The summed E-state index contributed by atoms with van der Waals surface area (Å²) in [7, 11) is 0. The van der Waals surface area contributed by atoms with Crippen LogP contribution in [-0.4, -0.2) is 10.5 Å². The minimum absolute atomic E-state index is 0.171. The SMILES string of the molecule is Cc1cc(Br)c(NC(=O)c2cc(Br)cn2C(C)C)cc1Cl. The molecule has 0 aliphatic rings. The van der Waals surface area contributed by atoms with Crippen LogP contribution in [0.3, 0.4) is 0 Å². The van der Waals surface area contributed by atoms with Crippen molar-refractivity contribution in [3.05, 3.63) is 49.6 Å². The lowest BCUT2D eigenvalue weighted by Crippen LogP contribution is -2.18. The van der Waals surface area contributed by atoms with Crippen LogP contribution in [0.2, 0.25) is 5.02 Å². The smallest absolute Gasteiger partial charge is 0.272 e. The van der Waals surface area contributed by atoms with Crippen molar-refractivity contribution in [2.75, 3.05) is 5.32 Å². The fraction of sp³-hybridized carbons (Fsp3) is 0.267. The summed E-state index contributed by atoms with van der Waals surface area (Å²) >= 11 is 13.0. The van der Waals surface area contributed by atoms with Crippen molar-refractivity contribution in [1.29, 1.82) is 0 Å². The molecule has 2 rings (SSSR count). The van der Waals surface area contributed by atoms with Crippen LogP contribution >= 0.6 is 43.5 Å². The van der Waals surface area contributed by atoms with Gasteiger partial charge in [0, 0.05) is 26.2 Å². The van der Waals surface area contributed by atoms with Gasteiger partial charge >= 0.3 is 0 Å². The Kier molecular flexibility index (Phi) is 5.17. The summed E-state index contributed by atoms with van der Waals surface area (Å²) in [6.45, 7) is 5.98. The molecule has 0 radical (unpaired) electrons. The summed E-state index contributed by atoms with van der Waals surface area (Å²) < 4.78 is 3.60. The molecule has 1 N–H and O–H groups in total. The average Bonchev–Trinajstić information content (AvgIpc) is 2.78. The van der Waals surface area contributed by atoms with E-state index in [0.29, 0.717) is 16.4 Å². The number of hydrogen-bond donors (Lipinski definition) is 1. The maximum atomic E-state index is 12.5. The van der Waals surface area contributed by atoms with E-state index in [4.69, 9.17) is 11.6 Å². The first-order valence-electron chi connectivity index (χ1n) is 6.44. The van der Waals surface area contributed by atoms with Crippen LogP contribution in [0, 0.1) is 6.92 Å². The highest BCUT2D eigenvalue weighted by molar-refractivity contribution is 9.10. The minimum Gasteiger partial charge on any atom is -0.340 e. The van der Waals surface area contributed by atoms with E-state index >= 15 is 0 Å². The zero-order valence-electron chi connectivity index (χ0n) is 11.9. The summed E-state index contributed by atoms with van der Waals surface area (Å²) in [5, 5.41) is 3.51. The van der Waals surface area contributed by atoms with Crippen molar-refractivity contribution in [3.8, 4) is 0 Å². The predicted octanol–water partition coefficient (Wildman–Crippen LogP) is 5.81. The normalized spacial score (nSPS) is 11.0. The zero-order valence-corrected chi connectivity index (χ0v) is 15.8. The number of amides is 1. The van der Waals surface area contributed by atoms with Gasteiger partial charge in [-0.2, -0.15) is 0 Å². The predicted molar refractivity (Wildman–Crippen MR) is 94.4 cm³/mol. The van der Waals surface area contributed by atoms with Crippen LogP contribution in [0.1, 0.15) is 35.9 Å². The fourth-order valence-electron chi connectivity index (χ4n) is 1.98. The molecular weight excluding hydrogens is 419 g/mol. The summed E-state index contributed by atoms with van der Waals surface area (Å²) in [4.78, 5) is 12.5. The summed E-state index contributed by atoms with van der Waals surface area (Å²) in [5.41, 5.74) is 2.21. The van der Waals surface area contributed by atoms with Gasteiger partial charge in [0.2, 0.25) is 0 Å². The fourth-order valence-corrected chi connectivity index (χ4v) is 3.14. The molecule has 1 heterocycles. The first kappa shape index (κ1) is 16.6. The number of nitrogens with one attached hydrogen (secondary N) is 1. The van der Waals surface area contributed by atoms with E-state index in [1.165, 1.54) is 0 Å². The highest BCUT2D eigenvalue weighted by Gasteiger charge is 2.16. The molecule has 6 heteroatoms. The maximum Gasteiger partial charge on any atom is 0.272 e. The Bertz CT molecular complexity index is 695. The molecule has 2 aromatic rings. The number of aromatic nitrogens is 1. The van der Waals surface area contributed by atoms with Gasteiger partial charge in [0.25, 0.3) is 5.91 Å². The van der Waals surface area contributed by atoms with Crippen molar-refractivity contribution in [2.24, 2.45) is 0 Å². The molecule has 1 amide bonds. The van der Waals surface area contributed by atoms with Crippen molar-refractivity contribution < 1.29 is 4.79 Å². The highest BCUT2D eigenvalue weighted by atomic mass is 79.9. The molecular formula is C15H15Br2ClN2O. The monoisotopic (exact) mass is 432 g/mol. The van der Waals surface area contributed by atoms with E-state index < -0.39 is 0 Å². The molecule has 0 aliphatic heterocycles. The lowest BCUT2D eigenvalue weighted by Gasteiger charge is -2.14. The molecule has 21 heavy (non-hydrogen) atoms. The van der Waals surface area contributed by atoms with Gasteiger partial charge in [0.05, 0.1) is 5.69 Å². The number of halogens is 3. The zero-order chi connectivity index (χ0) is 15.7. The minimum atomic E-state index is -0.171. The summed E-state index contributed by atoms with van der Waals surface area (Å²) in [5.74, 6) is -0.171. The topological polar surface area (TPSA) is 34.0 Å². The molecule has 0 saturated carbocycles. The third kappa shape index (κ3) is 3.71. The van der Waals surface area contributed by atoms with Gasteiger partial charge in [0.1, 0.15) is 5.69 Å². The number of rotatable bonds is 3. The second-order valence-corrected chi connectivity index (χ2v) is 7.26. The second-order valence-electron chi connectivity index (χ2n) is 5.08. The van der Waals surface area contributed by atoms with Crippen molar-refractivity contribution in [1.82, 2.24) is 4.57 Å². The van der Waals surface area contributed by atoms with E-state index in [0.717, 1.165) is 14.5 Å². The number of hydrogen-bond acceptors (Lipinski definition) is 1. The van der Waals surface area contributed by atoms with Crippen LogP contribution in [0.15, 0.2) is 33.3 Å². The van der Waals surface area contributed by atoms with Crippen LogP contribution in [0.5, 0.6) is 0 Å². The Hall–Kier alpha value is -0.780. The molecule has 0 bridgehead atoms. The van der Waals surface area contributed by atoms with Gasteiger partial charge in [-0.1, -0.05) is 11.6 Å². The lowest BCUT2D eigenvalue weighted by molar-refractivity contribution is 0.101. The van der Waals surface area contributed by atoms with Crippen LogP contribution in [-0.2, 0) is 0 Å². The molecule has 0 saturated heterocycles. The van der Waals surface area contributed by atoms with E-state index in [1.54, 1.807) is 12.1 Å². The maximum absolute atomic E-state index is 12.5. The van der Waals surface area contributed by atoms with Gasteiger partial charge in [-0.3, -0.25) is 4.79 Å². The number of carbonyl (C=O) groups is 1. The molecule has 0 spiro atoms. The van der Waals surface area contributed by atoms with Gasteiger partial charge < -0.3 is 9.88 Å². The third-order valence-corrected chi connectivity index (χ3v) is 4.60. The van der Waals surface area contributed by atoms with Gasteiger partial charge in [-0.05, 0) is 76.4 Å². The van der Waals surface area contributed by atoms with E-state index in [1.807, 2.05) is 37.6 Å². The Labute approximate surface area is 145 Å². The van der Waals surface area contributed by atoms with Crippen LogP contribution < -0.4 is 5.32 Å². The molecule has 1 aromatic carbocycles. The molecule has 112 valence electrons. The Morgan fingerprint density at radius 2 is 1.95 bits per heavy atom. The van der Waals surface area contributed by atoms with E-state index in [-0.39, 0.29) is 11.9 Å². The molecule has 1 aromatic heterocycles. The first-order valence-corrected chi connectivity index (χ1v) is 8.40. The van der Waals surface area contributed by atoms with Gasteiger partial charge in [-0.25, -0.2) is 0 Å². The number of aryl methyl sites for hydroxylation is 1. The second kappa shape index (κ2) is 6.55. The lowest BCUT2D eigenvalue weighted by atomic mass is 10.2. The number of benzene rings is 1. The van der Waals surface area contributed by atoms with Crippen LogP contribution in [0.4, 0.5) is 5.69 Å². The average molecular weight is 435 g/mol. The molecule has 0 unspecified atom stereocenters. The van der Waals surface area contributed by atoms with Gasteiger partial charge in [0.15, 0.2) is 0 Å². The Morgan fingerprint density at radius 1 is 1.29 bits per heavy atom. The Balaban J connectivity index is 2.33. The summed E-state index contributed by atoms with van der Waals surface area (Å²) in [6, 6.07) is 5.63. The van der Waals surface area contributed by atoms with E-state index in [9.17, 15) is 4.79 Å². The highest BCUT2D eigenvalue weighted by Crippen LogP contribution is 2.30.